The van der Waals surface area contributed by atoms with E-state index in [1.54, 1.807) is 6.92 Å². The Labute approximate surface area is 124 Å². The van der Waals surface area contributed by atoms with Crippen molar-refractivity contribution in [2.75, 3.05) is 6.54 Å². The minimum atomic E-state index is -4.94. The fourth-order valence-corrected chi connectivity index (χ4v) is 1.96. The zero-order valence-electron chi connectivity index (χ0n) is 11.6. The van der Waals surface area contributed by atoms with Gasteiger partial charge in [0.1, 0.15) is 0 Å². The Kier molecular flexibility index (Phi) is 4.23. The number of hydrogen-bond donors (Lipinski definition) is 3. The molecule has 0 aliphatic rings. The van der Waals surface area contributed by atoms with Gasteiger partial charge in [0.25, 0.3) is 5.91 Å². The zero-order chi connectivity index (χ0) is 16.4. The molecule has 1 aromatic carbocycles. The van der Waals surface area contributed by atoms with Gasteiger partial charge in [0.15, 0.2) is 0 Å². The summed E-state index contributed by atoms with van der Waals surface area (Å²) >= 11 is 0. The molecule has 3 N–H and O–H groups in total. The van der Waals surface area contributed by atoms with Crippen LogP contribution in [0.5, 0.6) is 0 Å². The van der Waals surface area contributed by atoms with Crippen molar-refractivity contribution in [3.63, 3.8) is 0 Å². The number of carbonyl (C=O) groups is 1. The van der Waals surface area contributed by atoms with Gasteiger partial charge in [0, 0.05) is 5.69 Å². The minimum Gasteiger partial charge on any atom is -0.375 e. The van der Waals surface area contributed by atoms with Gasteiger partial charge in [0.05, 0.1) is 18.3 Å². The summed E-state index contributed by atoms with van der Waals surface area (Å²) in [6, 6.07) is 6.61. The smallest absolute Gasteiger partial charge is 0.375 e. The Bertz CT molecular complexity index is 655. The molecule has 1 heterocycles. The van der Waals surface area contributed by atoms with E-state index in [0.29, 0.717) is 5.69 Å². The molecule has 1 amide bonds. The normalized spacial score (nSPS) is 14.4. The molecule has 5 nitrogen and oxygen atoms in total. The molecule has 1 aromatic heterocycles. The lowest BCUT2D eigenvalue weighted by molar-refractivity contribution is -0.263. The van der Waals surface area contributed by atoms with Crippen molar-refractivity contribution in [1.29, 1.82) is 0 Å². The molecule has 0 radical (unpaired) electrons. The quantitative estimate of drug-likeness (QED) is 0.807. The van der Waals surface area contributed by atoms with E-state index in [0.717, 1.165) is 12.1 Å². The third-order valence-electron chi connectivity index (χ3n) is 3.30. The maximum Gasteiger partial charge on any atom is 0.423 e. The van der Waals surface area contributed by atoms with Gasteiger partial charge in [-0.1, -0.05) is 30.3 Å². The molecule has 0 saturated carbocycles. The van der Waals surface area contributed by atoms with E-state index >= 15 is 0 Å². The highest BCUT2D eigenvalue weighted by molar-refractivity contribution is 5.95. The lowest BCUT2D eigenvalue weighted by atomic mass is 9.93. The predicted octanol–water partition coefficient (Wildman–Crippen LogP) is 1.90. The van der Waals surface area contributed by atoms with Crippen LogP contribution in [0, 0.1) is 6.92 Å². The van der Waals surface area contributed by atoms with Crippen LogP contribution in [-0.2, 0) is 5.60 Å². The molecular formula is C14H14F3N3O2. The average Bonchev–Trinajstić information content (AvgIpc) is 2.90. The standard InChI is InChI=1S/C14H14F3N3O2/c1-9-11(7-19-20-9)12(21)18-8-13(22,14(15,16)17)10-5-3-2-4-6-10/h2-7,22H,8H2,1H3,(H,18,21)(H,19,20). The van der Waals surface area contributed by atoms with Crippen molar-refractivity contribution in [2.45, 2.75) is 18.7 Å². The van der Waals surface area contributed by atoms with Crippen LogP contribution < -0.4 is 5.32 Å². The van der Waals surface area contributed by atoms with Crippen LogP contribution in [0.2, 0.25) is 0 Å². The number of rotatable bonds is 4. The number of aliphatic hydroxyl groups is 1. The SMILES string of the molecule is Cc1[nH]ncc1C(=O)NCC(O)(c1ccccc1)C(F)(F)F. The zero-order valence-corrected chi connectivity index (χ0v) is 11.6. The number of nitrogens with zero attached hydrogens (tertiary/aromatic N) is 1. The van der Waals surface area contributed by atoms with Gasteiger partial charge in [-0.05, 0) is 12.5 Å². The first kappa shape index (κ1) is 16.0. The van der Waals surface area contributed by atoms with Gasteiger partial charge in [-0.25, -0.2) is 0 Å². The number of aromatic nitrogens is 2. The maximum absolute atomic E-state index is 13.2. The highest BCUT2D eigenvalue weighted by Gasteiger charge is 2.55. The third kappa shape index (κ3) is 2.96. The van der Waals surface area contributed by atoms with E-state index in [1.807, 2.05) is 0 Å². The second kappa shape index (κ2) is 5.80. The Hall–Kier alpha value is -2.35. The molecular weight excluding hydrogens is 299 g/mol. The number of nitrogens with one attached hydrogen (secondary N) is 2. The molecule has 0 bridgehead atoms. The average molecular weight is 313 g/mol. The van der Waals surface area contributed by atoms with Crippen LogP contribution in [0.3, 0.4) is 0 Å². The molecule has 0 saturated heterocycles. The summed E-state index contributed by atoms with van der Waals surface area (Å²) in [4.78, 5) is 11.9. The van der Waals surface area contributed by atoms with Crippen molar-refractivity contribution in [1.82, 2.24) is 15.5 Å². The molecule has 1 unspecified atom stereocenters. The summed E-state index contributed by atoms with van der Waals surface area (Å²) in [5.41, 5.74) is -2.96. The third-order valence-corrected chi connectivity index (χ3v) is 3.30. The van der Waals surface area contributed by atoms with Crippen LogP contribution in [0.4, 0.5) is 13.2 Å². The fourth-order valence-electron chi connectivity index (χ4n) is 1.96. The Morgan fingerprint density at radius 2 is 1.95 bits per heavy atom. The van der Waals surface area contributed by atoms with E-state index < -0.39 is 24.2 Å². The van der Waals surface area contributed by atoms with Crippen molar-refractivity contribution in [3.8, 4) is 0 Å². The topological polar surface area (TPSA) is 78.0 Å². The van der Waals surface area contributed by atoms with Crippen molar-refractivity contribution >= 4 is 5.91 Å². The summed E-state index contributed by atoms with van der Waals surface area (Å²) in [6.45, 7) is 0.568. The molecule has 0 aliphatic carbocycles. The Morgan fingerprint density at radius 1 is 1.32 bits per heavy atom. The first-order valence-corrected chi connectivity index (χ1v) is 6.38. The van der Waals surface area contributed by atoms with Crippen LogP contribution in [0.1, 0.15) is 21.6 Å². The number of hydrogen-bond acceptors (Lipinski definition) is 3. The fraction of sp³-hybridized carbons (Fsp3) is 0.286. The van der Waals surface area contributed by atoms with E-state index in [1.165, 1.54) is 24.4 Å². The largest absolute Gasteiger partial charge is 0.423 e. The number of benzene rings is 1. The number of aryl methyl sites for hydroxylation is 1. The maximum atomic E-state index is 13.2. The Morgan fingerprint density at radius 3 is 2.45 bits per heavy atom. The lowest BCUT2D eigenvalue weighted by Crippen LogP contribution is -2.51. The van der Waals surface area contributed by atoms with Crippen molar-refractivity contribution in [3.05, 3.63) is 53.3 Å². The second-order valence-corrected chi connectivity index (χ2v) is 4.82. The first-order chi connectivity index (χ1) is 10.3. The van der Waals surface area contributed by atoms with Gasteiger partial charge in [-0.2, -0.15) is 18.3 Å². The Balaban J connectivity index is 2.22. The minimum absolute atomic E-state index is 0.123. The number of aromatic amines is 1. The van der Waals surface area contributed by atoms with Gasteiger partial charge in [-0.3, -0.25) is 9.89 Å². The molecule has 8 heteroatoms. The molecule has 0 spiro atoms. The van der Waals surface area contributed by atoms with Gasteiger partial charge in [0.2, 0.25) is 5.60 Å². The number of alkyl halides is 3. The monoisotopic (exact) mass is 313 g/mol. The van der Waals surface area contributed by atoms with Crippen LogP contribution in [0.15, 0.2) is 36.5 Å². The van der Waals surface area contributed by atoms with Crippen LogP contribution in [0.25, 0.3) is 0 Å². The van der Waals surface area contributed by atoms with Gasteiger partial charge < -0.3 is 10.4 Å². The molecule has 1 atom stereocenters. The summed E-state index contributed by atoms with van der Waals surface area (Å²) in [6.07, 6.45) is -3.73. The molecule has 0 aliphatic heterocycles. The summed E-state index contributed by atoms with van der Waals surface area (Å²) in [5, 5.41) is 18.3. The molecule has 22 heavy (non-hydrogen) atoms. The second-order valence-electron chi connectivity index (χ2n) is 4.82. The molecule has 0 fully saturated rings. The number of amides is 1. The van der Waals surface area contributed by atoms with Gasteiger partial charge >= 0.3 is 6.18 Å². The van der Waals surface area contributed by atoms with Gasteiger partial charge in [-0.15, -0.1) is 0 Å². The highest BCUT2D eigenvalue weighted by atomic mass is 19.4. The highest BCUT2D eigenvalue weighted by Crippen LogP contribution is 2.38. The number of H-pyrrole nitrogens is 1. The number of carbonyl (C=O) groups excluding carboxylic acids is 1. The van der Waals surface area contributed by atoms with E-state index in [-0.39, 0.29) is 11.1 Å². The van der Waals surface area contributed by atoms with Crippen LogP contribution in [-0.4, -0.2) is 33.9 Å². The summed E-state index contributed by atoms with van der Waals surface area (Å²) in [5.74, 6) is -0.746. The van der Waals surface area contributed by atoms with Crippen molar-refractivity contribution < 1.29 is 23.1 Å². The van der Waals surface area contributed by atoms with Crippen molar-refractivity contribution in [2.24, 2.45) is 0 Å². The molecule has 2 rings (SSSR count). The van der Waals surface area contributed by atoms with E-state index in [4.69, 9.17) is 0 Å². The first-order valence-electron chi connectivity index (χ1n) is 6.38. The summed E-state index contributed by atoms with van der Waals surface area (Å²) < 4.78 is 39.7. The lowest BCUT2D eigenvalue weighted by Gasteiger charge is -2.31. The number of halogens is 3. The van der Waals surface area contributed by atoms with E-state index in [9.17, 15) is 23.1 Å². The van der Waals surface area contributed by atoms with Crippen LogP contribution >= 0.6 is 0 Å². The molecule has 118 valence electrons. The van der Waals surface area contributed by atoms with E-state index in [2.05, 4.69) is 15.5 Å². The predicted molar refractivity (Wildman–Crippen MR) is 72.1 cm³/mol. The summed E-state index contributed by atoms with van der Waals surface area (Å²) in [7, 11) is 0. The molecule has 2 aromatic rings.